The Balaban J connectivity index is 1.64. The molecule has 1 saturated carbocycles. The summed E-state index contributed by atoms with van der Waals surface area (Å²) in [6.45, 7) is 6.96. The first-order valence-electron chi connectivity index (χ1n) is 12.5. The number of nitrogens with one attached hydrogen (secondary N) is 2. The third-order valence-electron chi connectivity index (χ3n) is 7.03. The van der Waals surface area contributed by atoms with E-state index in [0.717, 1.165) is 53.7 Å². The fourth-order valence-electron chi connectivity index (χ4n) is 5.28. The van der Waals surface area contributed by atoms with E-state index in [9.17, 15) is 18.3 Å². The molecular weight excluding hydrogens is 476 g/mol. The van der Waals surface area contributed by atoms with Crippen molar-refractivity contribution in [2.45, 2.75) is 70.8 Å². The summed E-state index contributed by atoms with van der Waals surface area (Å²) in [4.78, 5) is 11.3. The minimum absolute atomic E-state index is 0.0379. The lowest BCUT2D eigenvalue weighted by molar-refractivity contribution is 0.129. The lowest BCUT2D eigenvalue weighted by Crippen LogP contribution is -2.50. The largest absolute Gasteiger partial charge is 0.496 e. The number of amides is 1. The van der Waals surface area contributed by atoms with Gasteiger partial charge in [-0.1, -0.05) is 51.1 Å². The molecule has 1 fully saturated rings. The van der Waals surface area contributed by atoms with E-state index in [1.54, 1.807) is 7.11 Å². The van der Waals surface area contributed by atoms with Crippen LogP contribution < -0.4 is 15.4 Å². The van der Waals surface area contributed by atoms with Crippen LogP contribution >= 0.6 is 0 Å². The summed E-state index contributed by atoms with van der Waals surface area (Å²) in [7, 11) is -1.39. The maximum Gasteiger partial charge on any atom is 0.404 e. The zero-order valence-corrected chi connectivity index (χ0v) is 22.8. The predicted octanol–water partition coefficient (Wildman–Crippen LogP) is 5.24. The monoisotopic (exact) mass is 516 g/mol. The van der Waals surface area contributed by atoms with E-state index in [0.29, 0.717) is 18.5 Å². The smallest absolute Gasteiger partial charge is 0.404 e. The number of hydrogen-bond donors (Lipinski definition) is 3. The van der Waals surface area contributed by atoms with Gasteiger partial charge in [0.05, 0.1) is 12.9 Å². The highest BCUT2D eigenvalue weighted by molar-refractivity contribution is 7.89. The third kappa shape index (κ3) is 7.96. The van der Waals surface area contributed by atoms with E-state index >= 15 is 0 Å². The first kappa shape index (κ1) is 28.0. The van der Waals surface area contributed by atoms with Gasteiger partial charge >= 0.3 is 6.09 Å². The van der Waals surface area contributed by atoms with E-state index < -0.39 is 15.9 Å². The van der Waals surface area contributed by atoms with Crippen LogP contribution in [0, 0.1) is 11.3 Å². The molecule has 7 nitrogen and oxygen atoms in total. The Morgan fingerprint density at radius 1 is 1.06 bits per heavy atom. The van der Waals surface area contributed by atoms with Crippen LogP contribution in [0.1, 0.15) is 57.6 Å². The second-order valence-electron chi connectivity index (χ2n) is 11.1. The standard InChI is InChI=1S/C28H40N2O5S/c1-28(2,3)26(30-27(31)32)21-10-13-24(14-11-21)29-17-23-16-22(12-15-25(23)35-4)20-8-6-19(7-9-20)18-36(5,33)34/h6-9,12,15-16,21,24,26,29-30H,10-11,13-14,17-18H2,1-5H3,(H,31,32). The number of hydrogen-bond acceptors (Lipinski definition) is 5. The van der Waals surface area contributed by atoms with Crippen LogP contribution in [0.5, 0.6) is 5.75 Å². The van der Waals surface area contributed by atoms with Gasteiger partial charge in [0, 0.05) is 30.4 Å². The summed E-state index contributed by atoms with van der Waals surface area (Å²) >= 11 is 0. The minimum Gasteiger partial charge on any atom is -0.496 e. The number of carbonyl (C=O) groups is 1. The number of sulfone groups is 1. The number of methoxy groups -OCH3 is 1. The van der Waals surface area contributed by atoms with Crippen molar-refractivity contribution in [3.8, 4) is 16.9 Å². The van der Waals surface area contributed by atoms with E-state index in [2.05, 4.69) is 37.5 Å². The Labute approximate surface area is 215 Å². The quantitative estimate of drug-likeness (QED) is 0.421. The minimum atomic E-state index is -3.06. The number of ether oxygens (including phenoxy) is 1. The first-order valence-corrected chi connectivity index (χ1v) is 14.6. The van der Waals surface area contributed by atoms with Crippen molar-refractivity contribution in [2.24, 2.45) is 11.3 Å². The van der Waals surface area contributed by atoms with Crippen LogP contribution in [0.3, 0.4) is 0 Å². The molecule has 0 saturated heterocycles. The fourth-order valence-corrected chi connectivity index (χ4v) is 6.08. The highest BCUT2D eigenvalue weighted by Crippen LogP contribution is 2.35. The van der Waals surface area contributed by atoms with Gasteiger partial charge in [-0.25, -0.2) is 13.2 Å². The summed E-state index contributed by atoms with van der Waals surface area (Å²) in [6, 6.07) is 14.1. The Bertz CT molecular complexity index is 1130. The Hall–Kier alpha value is -2.58. The summed E-state index contributed by atoms with van der Waals surface area (Å²) in [5, 5.41) is 15.7. The maximum absolute atomic E-state index is 11.6. The van der Waals surface area contributed by atoms with Gasteiger partial charge in [0.1, 0.15) is 5.75 Å². The Morgan fingerprint density at radius 3 is 2.19 bits per heavy atom. The molecule has 0 radical (unpaired) electrons. The molecule has 3 N–H and O–H groups in total. The van der Waals surface area contributed by atoms with Gasteiger partial charge in [-0.3, -0.25) is 0 Å². The number of rotatable bonds is 9. The molecule has 0 heterocycles. The average Bonchev–Trinajstić information content (AvgIpc) is 2.80. The number of carboxylic acid groups (broad SMARTS) is 1. The molecule has 0 aliphatic heterocycles. The lowest BCUT2D eigenvalue weighted by atomic mass is 9.72. The Morgan fingerprint density at radius 2 is 1.67 bits per heavy atom. The van der Waals surface area contributed by atoms with E-state index in [1.165, 1.54) is 6.26 Å². The summed E-state index contributed by atoms with van der Waals surface area (Å²) in [5.74, 6) is 1.20. The van der Waals surface area contributed by atoms with Crippen LogP contribution in [0.25, 0.3) is 11.1 Å². The average molecular weight is 517 g/mol. The topological polar surface area (TPSA) is 105 Å². The van der Waals surface area contributed by atoms with Gasteiger partial charge < -0.3 is 20.5 Å². The third-order valence-corrected chi connectivity index (χ3v) is 7.89. The molecule has 1 unspecified atom stereocenters. The lowest BCUT2D eigenvalue weighted by Gasteiger charge is -2.40. The van der Waals surface area contributed by atoms with Crippen LogP contribution in [0.2, 0.25) is 0 Å². The van der Waals surface area contributed by atoms with Crippen LogP contribution in [0.4, 0.5) is 4.79 Å². The molecule has 8 heteroatoms. The van der Waals surface area contributed by atoms with Crippen LogP contribution in [-0.2, 0) is 22.1 Å². The number of benzene rings is 2. The van der Waals surface area contributed by atoms with Crippen molar-refractivity contribution in [1.29, 1.82) is 0 Å². The molecular formula is C28H40N2O5S. The second-order valence-corrected chi connectivity index (χ2v) is 13.2. The zero-order valence-electron chi connectivity index (χ0n) is 22.0. The molecule has 1 amide bonds. The fraction of sp³-hybridized carbons (Fsp3) is 0.536. The molecule has 1 atom stereocenters. The van der Waals surface area contributed by atoms with Crippen LogP contribution in [-0.4, -0.2) is 45.1 Å². The van der Waals surface area contributed by atoms with E-state index in [1.807, 2.05) is 36.4 Å². The molecule has 3 rings (SSSR count). The van der Waals surface area contributed by atoms with Crippen molar-refractivity contribution in [3.05, 3.63) is 53.6 Å². The highest BCUT2D eigenvalue weighted by Gasteiger charge is 2.35. The SMILES string of the molecule is COc1ccc(-c2ccc(CS(C)(=O)=O)cc2)cc1CNC1CCC(C(NC(=O)O)C(C)(C)C)CC1. The molecule has 36 heavy (non-hydrogen) atoms. The summed E-state index contributed by atoms with van der Waals surface area (Å²) in [5.41, 5.74) is 3.79. The van der Waals surface area contributed by atoms with Crippen molar-refractivity contribution in [3.63, 3.8) is 0 Å². The Kier molecular flexibility index (Phi) is 9.06. The molecule has 0 spiro atoms. The van der Waals surface area contributed by atoms with E-state index in [4.69, 9.17) is 4.74 Å². The van der Waals surface area contributed by atoms with Gasteiger partial charge in [-0.05, 0) is 65.8 Å². The van der Waals surface area contributed by atoms with Crippen molar-refractivity contribution in [2.75, 3.05) is 13.4 Å². The van der Waals surface area contributed by atoms with Gasteiger partial charge in [0.2, 0.25) is 0 Å². The van der Waals surface area contributed by atoms with Gasteiger partial charge in [-0.2, -0.15) is 0 Å². The molecule has 0 bridgehead atoms. The first-order chi connectivity index (χ1) is 16.9. The molecule has 2 aromatic rings. The molecule has 1 aliphatic carbocycles. The normalized spacial score (nSPS) is 19.5. The molecule has 0 aromatic heterocycles. The zero-order chi connectivity index (χ0) is 26.5. The molecule has 1 aliphatic rings. The molecule has 198 valence electrons. The van der Waals surface area contributed by atoms with Gasteiger partial charge in [0.25, 0.3) is 0 Å². The van der Waals surface area contributed by atoms with E-state index in [-0.39, 0.29) is 17.2 Å². The van der Waals surface area contributed by atoms with Crippen molar-refractivity contribution in [1.82, 2.24) is 10.6 Å². The van der Waals surface area contributed by atoms with Gasteiger partial charge in [0.15, 0.2) is 9.84 Å². The van der Waals surface area contributed by atoms with Gasteiger partial charge in [-0.15, -0.1) is 0 Å². The predicted molar refractivity (Wildman–Crippen MR) is 144 cm³/mol. The van der Waals surface area contributed by atoms with Crippen LogP contribution in [0.15, 0.2) is 42.5 Å². The summed E-state index contributed by atoms with van der Waals surface area (Å²) in [6.07, 6.45) is 4.26. The highest BCUT2D eigenvalue weighted by atomic mass is 32.2. The summed E-state index contributed by atoms with van der Waals surface area (Å²) < 4.78 is 28.7. The maximum atomic E-state index is 11.6. The van der Waals surface area contributed by atoms with Crippen molar-refractivity contribution < 1.29 is 23.1 Å². The van der Waals surface area contributed by atoms with Crippen molar-refractivity contribution >= 4 is 15.9 Å². The molecule has 2 aromatic carbocycles. The second kappa shape index (κ2) is 11.6.